The van der Waals surface area contributed by atoms with Crippen LogP contribution < -0.4 is 15.2 Å². The van der Waals surface area contributed by atoms with Crippen molar-refractivity contribution in [2.45, 2.75) is 19.8 Å². The SMILES string of the molecule is COc1cc2nc(C)nc(N)c2c([C@H](C)c2cccc(-c3ccccc3)c2)c1OC. The molecule has 0 amide bonds. The molecule has 5 nitrogen and oxygen atoms in total. The maximum absolute atomic E-state index is 6.36. The summed E-state index contributed by atoms with van der Waals surface area (Å²) in [5, 5.41) is 0.802. The fourth-order valence-corrected chi connectivity index (χ4v) is 3.99. The standard InChI is InChI=1S/C25H25N3O2/c1-15(18-11-8-12-19(13-18)17-9-6-5-7-10-17)22-23-20(27-16(2)28-25(23)26)14-21(29-3)24(22)30-4/h5-15H,1-4H3,(H2,26,27,28)/t15-/m1/s1. The van der Waals surface area contributed by atoms with Crippen LogP contribution in [0.2, 0.25) is 0 Å². The predicted molar refractivity (Wildman–Crippen MR) is 121 cm³/mol. The van der Waals surface area contributed by atoms with Gasteiger partial charge in [-0.05, 0) is 23.6 Å². The summed E-state index contributed by atoms with van der Waals surface area (Å²) in [5.41, 5.74) is 11.5. The number of fused-ring (bicyclic) bond motifs is 1. The summed E-state index contributed by atoms with van der Waals surface area (Å²) in [6, 6.07) is 20.7. The summed E-state index contributed by atoms with van der Waals surface area (Å²) in [6.07, 6.45) is 0. The van der Waals surface area contributed by atoms with E-state index in [4.69, 9.17) is 15.2 Å². The lowest BCUT2D eigenvalue weighted by Gasteiger charge is -2.22. The van der Waals surface area contributed by atoms with E-state index in [9.17, 15) is 0 Å². The van der Waals surface area contributed by atoms with E-state index in [1.807, 2.05) is 31.2 Å². The van der Waals surface area contributed by atoms with Gasteiger partial charge < -0.3 is 15.2 Å². The van der Waals surface area contributed by atoms with Crippen LogP contribution >= 0.6 is 0 Å². The zero-order valence-electron chi connectivity index (χ0n) is 17.6. The van der Waals surface area contributed by atoms with E-state index in [0.29, 0.717) is 23.1 Å². The monoisotopic (exact) mass is 399 g/mol. The van der Waals surface area contributed by atoms with Crippen LogP contribution in [0.15, 0.2) is 60.7 Å². The Morgan fingerprint density at radius 1 is 0.867 bits per heavy atom. The van der Waals surface area contributed by atoms with Crippen molar-refractivity contribution in [1.82, 2.24) is 9.97 Å². The molecule has 152 valence electrons. The fourth-order valence-electron chi connectivity index (χ4n) is 3.99. The number of nitrogens with two attached hydrogens (primary N) is 1. The lowest BCUT2D eigenvalue weighted by Crippen LogP contribution is -2.07. The molecule has 1 atom stereocenters. The number of nitrogens with zero attached hydrogens (tertiary/aromatic N) is 2. The van der Waals surface area contributed by atoms with Crippen molar-refractivity contribution >= 4 is 16.7 Å². The predicted octanol–water partition coefficient (Wildman–Crippen LogP) is 5.36. The van der Waals surface area contributed by atoms with Gasteiger partial charge in [0.05, 0.1) is 25.1 Å². The molecule has 0 aliphatic heterocycles. The Bertz CT molecular complexity index is 1210. The second-order valence-electron chi connectivity index (χ2n) is 7.29. The molecule has 2 N–H and O–H groups in total. The molecule has 0 radical (unpaired) electrons. The van der Waals surface area contributed by atoms with Gasteiger partial charge in [0.1, 0.15) is 11.6 Å². The first-order chi connectivity index (χ1) is 14.5. The smallest absolute Gasteiger partial charge is 0.165 e. The summed E-state index contributed by atoms with van der Waals surface area (Å²) < 4.78 is 11.4. The van der Waals surface area contributed by atoms with Gasteiger partial charge in [-0.3, -0.25) is 0 Å². The third kappa shape index (κ3) is 3.43. The molecule has 1 heterocycles. The van der Waals surface area contributed by atoms with E-state index < -0.39 is 0 Å². The molecule has 5 heteroatoms. The van der Waals surface area contributed by atoms with Gasteiger partial charge in [-0.15, -0.1) is 0 Å². The Hall–Kier alpha value is -3.60. The number of hydrogen-bond acceptors (Lipinski definition) is 5. The van der Waals surface area contributed by atoms with Crippen LogP contribution in [0.1, 0.15) is 29.8 Å². The fraction of sp³-hybridized carbons (Fsp3) is 0.200. The van der Waals surface area contributed by atoms with E-state index in [2.05, 4.69) is 53.3 Å². The van der Waals surface area contributed by atoms with Crippen LogP contribution in [0.5, 0.6) is 11.5 Å². The third-order valence-corrected chi connectivity index (χ3v) is 5.43. The number of aromatic nitrogens is 2. The summed E-state index contributed by atoms with van der Waals surface area (Å²) >= 11 is 0. The van der Waals surface area contributed by atoms with Crippen molar-refractivity contribution in [2.75, 3.05) is 20.0 Å². The summed E-state index contributed by atoms with van der Waals surface area (Å²) in [6.45, 7) is 3.97. The van der Waals surface area contributed by atoms with Gasteiger partial charge in [-0.2, -0.15) is 0 Å². The highest BCUT2D eigenvalue weighted by molar-refractivity contribution is 5.95. The first-order valence-corrected chi connectivity index (χ1v) is 9.87. The molecular formula is C25H25N3O2. The van der Waals surface area contributed by atoms with E-state index in [1.165, 1.54) is 5.56 Å². The van der Waals surface area contributed by atoms with Crippen molar-refractivity contribution in [3.63, 3.8) is 0 Å². The van der Waals surface area contributed by atoms with Crippen molar-refractivity contribution in [3.05, 3.63) is 77.6 Å². The minimum atomic E-state index is -0.0187. The van der Waals surface area contributed by atoms with Gasteiger partial charge in [-0.25, -0.2) is 9.97 Å². The molecule has 0 bridgehead atoms. The first kappa shape index (κ1) is 19.7. The number of rotatable bonds is 5. The molecular weight excluding hydrogens is 374 g/mol. The van der Waals surface area contributed by atoms with Crippen molar-refractivity contribution in [3.8, 4) is 22.6 Å². The highest BCUT2D eigenvalue weighted by Gasteiger charge is 2.24. The van der Waals surface area contributed by atoms with Crippen LogP contribution in [0, 0.1) is 6.92 Å². The van der Waals surface area contributed by atoms with Gasteiger partial charge >= 0.3 is 0 Å². The molecule has 3 aromatic carbocycles. The van der Waals surface area contributed by atoms with Crippen molar-refractivity contribution < 1.29 is 9.47 Å². The maximum atomic E-state index is 6.36. The minimum Gasteiger partial charge on any atom is -0.493 e. The van der Waals surface area contributed by atoms with Gasteiger partial charge in [0.15, 0.2) is 11.5 Å². The first-order valence-electron chi connectivity index (χ1n) is 9.87. The van der Waals surface area contributed by atoms with E-state index >= 15 is 0 Å². The van der Waals surface area contributed by atoms with Crippen LogP contribution in [-0.2, 0) is 0 Å². The largest absolute Gasteiger partial charge is 0.493 e. The van der Waals surface area contributed by atoms with E-state index in [0.717, 1.165) is 27.6 Å². The van der Waals surface area contributed by atoms with Crippen molar-refractivity contribution in [2.24, 2.45) is 0 Å². The zero-order chi connectivity index (χ0) is 21.3. The third-order valence-electron chi connectivity index (χ3n) is 5.43. The van der Waals surface area contributed by atoms with Crippen LogP contribution in [0.3, 0.4) is 0 Å². The average molecular weight is 399 g/mol. The van der Waals surface area contributed by atoms with Crippen LogP contribution in [0.25, 0.3) is 22.0 Å². The molecule has 0 saturated heterocycles. The number of ether oxygens (including phenoxy) is 2. The Labute approximate surface area is 176 Å². The van der Waals surface area contributed by atoms with Crippen LogP contribution in [-0.4, -0.2) is 24.2 Å². The summed E-state index contributed by atoms with van der Waals surface area (Å²) in [5.74, 6) is 2.33. The second kappa shape index (κ2) is 8.03. The Morgan fingerprint density at radius 2 is 1.60 bits per heavy atom. The molecule has 4 aromatic rings. The van der Waals surface area contributed by atoms with Crippen molar-refractivity contribution in [1.29, 1.82) is 0 Å². The maximum Gasteiger partial charge on any atom is 0.165 e. The van der Waals surface area contributed by atoms with Crippen LogP contribution in [0.4, 0.5) is 5.82 Å². The van der Waals surface area contributed by atoms with Gasteiger partial charge in [0.2, 0.25) is 0 Å². The topological polar surface area (TPSA) is 70.3 Å². The number of methoxy groups -OCH3 is 2. The average Bonchev–Trinajstić information content (AvgIpc) is 2.77. The summed E-state index contributed by atoms with van der Waals surface area (Å²) in [4.78, 5) is 9.00. The Balaban J connectivity index is 1.95. The lowest BCUT2D eigenvalue weighted by molar-refractivity contribution is 0.352. The second-order valence-corrected chi connectivity index (χ2v) is 7.29. The molecule has 4 rings (SSSR count). The molecule has 0 aliphatic rings. The van der Waals surface area contributed by atoms with Gasteiger partial charge in [0, 0.05) is 17.5 Å². The molecule has 1 aromatic heterocycles. The Kier molecular flexibility index (Phi) is 5.27. The van der Waals surface area contributed by atoms with Gasteiger partial charge in [0.25, 0.3) is 0 Å². The number of nitrogen functional groups attached to an aromatic ring is 1. The number of benzene rings is 3. The minimum absolute atomic E-state index is 0.0187. The van der Waals surface area contributed by atoms with E-state index in [-0.39, 0.29) is 5.92 Å². The molecule has 0 spiro atoms. The quantitative estimate of drug-likeness (QED) is 0.489. The lowest BCUT2D eigenvalue weighted by atomic mass is 9.87. The van der Waals surface area contributed by atoms with E-state index in [1.54, 1.807) is 14.2 Å². The molecule has 30 heavy (non-hydrogen) atoms. The number of hydrogen-bond donors (Lipinski definition) is 1. The Morgan fingerprint density at radius 3 is 2.30 bits per heavy atom. The highest BCUT2D eigenvalue weighted by atomic mass is 16.5. The molecule has 0 fully saturated rings. The molecule has 0 unspecified atom stereocenters. The molecule has 0 saturated carbocycles. The highest BCUT2D eigenvalue weighted by Crippen LogP contribution is 2.45. The zero-order valence-corrected chi connectivity index (χ0v) is 17.6. The summed E-state index contributed by atoms with van der Waals surface area (Å²) in [7, 11) is 3.27. The number of anilines is 1. The number of aryl methyl sites for hydroxylation is 1. The van der Waals surface area contributed by atoms with Gasteiger partial charge in [-0.1, -0.05) is 61.5 Å². The molecule has 0 aliphatic carbocycles. The normalized spacial score (nSPS) is 12.0.